The second-order valence-electron chi connectivity index (χ2n) is 5.22. The second-order valence-corrected chi connectivity index (χ2v) is 5.74. The first-order chi connectivity index (χ1) is 7.45. The highest BCUT2D eigenvalue weighted by atomic mass is 35.5. The number of hydrogen-bond acceptors (Lipinski definition) is 2. The van der Waals surface area contributed by atoms with E-state index >= 15 is 0 Å². The summed E-state index contributed by atoms with van der Waals surface area (Å²) in [6.07, 6.45) is 4.69. The maximum absolute atomic E-state index is 6.33. The first-order valence-corrected chi connectivity index (χ1v) is 6.39. The highest BCUT2D eigenvalue weighted by molar-refractivity contribution is 6.21. The molecule has 1 aromatic heterocycles. The number of hydrogen-bond donors (Lipinski definition) is 0. The van der Waals surface area contributed by atoms with Crippen molar-refractivity contribution in [3.63, 3.8) is 0 Å². The van der Waals surface area contributed by atoms with Crippen molar-refractivity contribution in [3.05, 3.63) is 12.2 Å². The number of aromatic nitrogens is 3. The van der Waals surface area contributed by atoms with Gasteiger partial charge in [0, 0.05) is 18.3 Å². The largest absolute Gasteiger partial charge is 0.250 e. The normalized spacial score (nSPS) is 14.1. The molecule has 92 valence electrons. The van der Waals surface area contributed by atoms with Gasteiger partial charge in [-0.3, -0.25) is 4.68 Å². The van der Waals surface area contributed by atoms with Gasteiger partial charge in [0.25, 0.3) is 0 Å². The third-order valence-electron chi connectivity index (χ3n) is 2.79. The van der Waals surface area contributed by atoms with E-state index in [-0.39, 0.29) is 10.8 Å². The molecule has 1 rings (SSSR count). The van der Waals surface area contributed by atoms with E-state index in [0.717, 1.165) is 31.6 Å². The Balaban J connectivity index is 2.36. The SMILES string of the molecule is CCn1ncnc1CCCC(Cl)C(C)(C)C. The molecule has 1 aromatic rings. The summed E-state index contributed by atoms with van der Waals surface area (Å²) in [4.78, 5) is 4.25. The van der Waals surface area contributed by atoms with Crippen molar-refractivity contribution >= 4 is 11.6 Å². The van der Waals surface area contributed by atoms with Crippen molar-refractivity contribution in [2.75, 3.05) is 0 Å². The molecule has 1 atom stereocenters. The van der Waals surface area contributed by atoms with Crippen molar-refractivity contribution in [1.29, 1.82) is 0 Å². The molecular formula is C12H22ClN3. The number of nitrogens with zero attached hydrogens (tertiary/aromatic N) is 3. The van der Waals surface area contributed by atoms with E-state index in [1.807, 2.05) is 4.68 Å². The predicted octanol–water partition coefficient (Wildman–Crippen LogP) is 3.27. The Morgan fingerprint density at radius 1 is 1.44 bits per heavy atom. The average molecular weight is 244 g/mol. The lowest BCUT2D eigenvalue weighted by Gasteiger charge is -2.24. The monoisotopic (exact) mass is 243 g/mol. The molecule has 16 heavy (non-hydrogen) atoms. The van der Waals surface area contributed by atoms with Gasteiger partial charge in [-0.05, 0) is 25.2 Å². The summed E-state index contributed by atoms with van der Waals surface area (Å²) >= 11 is 6.33. The fourth-order valence-electron chi connectivity index (χ4n) is 1.62. The summed E-state index contributed by atoms with van der Waals surface area (Å²) in [6.45, 7) is 9.51. The van der Waals surface area contributed by atoms with Crippen LogP contribution in [0.5, 0.6) is 0 Å². The maximum atomic E-state index is 6.33. The van der Waals surface area contributed by atoms with Crippen LogP contribution in [0, 0.1) is 5.41 Å². The van der Waals surface area contributed by atoms with E-state index in [2.05, 4.69) is 37.8 Å². The molecule has 0 aliphatic heterocycles. The lowest BCUT2D eigenvalue weighted by atomic mass is 9.89. The van der Waals surface area contributed by atoms with Crippen LogP contribution in [0.4, 0.5) is 0 Å². The fraction of sp³-hybridized carbons (Fsp3) is 0.833. The Hall–Kier alpha value is -0.570. The molecular weight excluding hydrogens is 222 g/mol. The summed E-state index contributed by atoms with van der Waals surface area (Å²) in [5, 5.41) is 4.38. The van der Waals surface area contributed by atoms with Crippen molar-refractivity contribution in [3.8, 4) is 0 Å². The smallest absolute Gasteiger partial charge is 0.138 e. The molecule has 0 spiro atoms. The Bertz CT molecular complexity index is 314. The topological polar surface area (TPSA) is 30.7 Å². The summed E-state index contributed by atoms with van der Waals surface area (Å²) in [7, 11) is 0. The van der Waals surface area contributed by atoms with Gasteiger partial charge in [-0.15, -0.1) is 11.6 Å². The molecule has 4 heteroatoms. The molecule has 0 bridgehead atoms. The van der Waals surface area contributed by atoms with Crippen LogP contribution < -0.4 is 0 Å². The predicted molar refractivity (Wildman–Crippen MR) is 67.7 cm³/mol. The first kappa shape index (κ1) is 13.5. The molecule has 0 aromatic carbocycles. The highest BCUT2D eigenvalue weighted by Gasteiger charge is 2.21. The molecule has 0 amide bonds. The van der Waals surface area contributed by atoms with Gasteiger partial charge in [0.05, 0.1) is 0 Å². The second kappa shape index (κ2) is 5.67. The fourth-order valence-corrected chi connectivity index (χ4v) is 1.77. The Morgan fingerprint density at radius 3 is 2.69 bits per heavy atom. The molecule has 0 N–H and O–H groups in total. The summed E-state index contributed by atoms with van der Waals surface area (Å²) < 4.78 is 1.94. The van der Waals surface area contributed by atoms with E-state index in [9.17, 15) is 0 Å². The van der Waals surface area contributed by atoms with E-state index in [1.165, 1.54) is 0 Å². The van der Waals surface area contributed by atoms with Crippen LogP contribution in [0.3, 0.4) is 0 Å². The first-order valence-electron chi connectivity index (χ1n) is 5.96. The van der Waals surface area contributed by atoms with Crippen LogP contribution >= 0.6 is 11.6 Å². The van der Waals surface area contributed by atoms with Gasteiger partial charge in [0.1, 0.15) is 12.2 Å². The zero-order chi connectivity index (χ0) is 12.2. The molecule has 0 saturated carbocycles. The zero-order valence-corrected chi connectivity index (χ0v) is 11.5. The molecule has 0 aliphatic carbocycles. The Labute approximate surface area is 103 Å². The van der Waals surface area contributed by atoms with E-state index in [0.29, 0.717) is 0 Å². The van der Waals surface area contributed by atoms with E-state index in [4.69, 9.17) is 11.6 Å². The number of halogens is 1. The summed E-state index contributed by atoms with van der Waals surface area (Å²) in [5.74, 6) is 1.07. The van der Waals surface area contributed by atoms with Gasteiger partial charge in [0.2, 0.25) is 0 Å². The van der Waals surface area contributed by atoms with Crippen LogP contribution in [0.15, 0.2) is 6.33 Å². The van der Waals surface area contributed by atoms with Crippen LogP contribution in [0.25, 0.3) is 0 Å². The standard InChI is InChI=1S/C12H22ClN3/c1-5-16-11(14-9-15-16)8-6-7-10(13)12(2,3)4/h9-10H,5-8H2,1-4H3. The zero-order valence-electron chi connectivity index (χ0n) is 10.7. The summed E-state index contributed by atoms with van der Waals surface area (Å²) in [5.41, 5.74) is 0.181. The highest BCUT2D eigenvalue weighted by Crippen LogP contribution is 2.28. The maximum Gasteiger partial charge on any atom is 0.138 e. The molecule has 0 aliphatic rings. The van der Waals surface area contributed by atoms with Crippen LogP contribution in [-0.4, -0.2) is 20.1 Å². The average Bonchev–Trinajstić information content (AvgIpc) is 2.63. The molecule has 1 heterocycles. The molecule has 0 radical (unpaired) electrons. The molecule has 1 unspecified atom stereocenters. The third kappa shape index (κ3) is 3.78. The number of aryl methyl sites for hydroxylation is 2. The lowest BCUT2D eigenvalue weighted by Crippen LogP contribution is -2.20. The van der Waals surface area contributed by atoms with Gasteiger partial charge >= 0.3 is 0 Å². The van der Waals surface area contributed by atoms with Gasteiger partial charge in [-0.25, -0.2) is 4.98 Å². The number of rotatable bonds is 5. The third-order valence-corrected chi connectivity index (χ3v) is 3.67. The van der Waals surface area contributed by atoms with Crippen molar-refractivity contribution < 1.29 is 0 Å². The van der Waals surface area contributed by atoms with Crippen molar-refractivity contribution in [1.82, 2.24) is 14.8 Å². The van der Waals surface area contributed by atoms with Gasteiger partial charge in [0.15, 0.2) is 0 Å². The van der Waals surface area contributed by atoms with Gasteiger partial charge < -0.3 is 0 Å². The Kier molecular flexibility index (Phi) is 4.78. The van der Waals surface area contributed by atoms with E-state index in [1.54, 1.807) is 6.33 Å². The number of alkyl halides is 1. The molecule has 0 fully saturated rings. The van der Waals surface area contributed by atoms with Crippen molar-refractivity contribution in [2.24, 2.45) is 5.41 Å². The molecule has 0 saturated heterocycles. The summed E-state index contributed by atoms with van der Waals surface area (Å²) in [6, 6.07) is 0. The van der Waals surface area contributed by atoms with E-state index < -0.39 is 0 Å². The lowest BCUT2D eigenvalue weighted by molar-refractivity contribution is 0.367. The van der Waals surface area contributed by atoms with Crippen LogP contribution in [-0.2, 0) is 13.0 Å². The minimum atomic E-state index is 0.181. The quantitative estimate of drug-likeness (QED) is 0.744. The van der Waals surface area contributed by atoms with Crippen LogP contribution in [0.1, 0.15) is 46.4 Å². The van der Waals surface area contributed by atoms with Gasteiger partial charge in [-0.1, -0.05) is 20.8 Å². The molecule has 3 nitrogen and oxygen atoms in total. The van der Waals surface area contributed by atoms with Gasteiger partial charge in [-0.2, -0.15) is 5.10 Å². The van der Waals surface area contributed by atoms with Crippen molar-refractivity contribution in [2.45, 2.75) is 58.9 Å². The minimum Gasteiger partial charge on any atom is -0.250 e. The Morgan fingerprint density at radius 2 is 2.12 bits per heavy atom. The minimum absolute atomic E-state index is 0.181. The van der Waals surface area contributed by atoms with Crippen LogP contribution in [0.2, 0.25) is 0 Å².